The lowest BCUT2D eigenvalue weighted by Gasteiger charge is -2.30. The molecule has 4 N–H and O–H groups in total. The summed E-state index contributed by atoms with van der Waals surface area (Å²) in [5, 5.41) is 0. The highest BCUT2D eigenvalue weighted by atomic mass is 16.1. The van der Waals surface area contributed by atoms with E-state index in [9.17, 15) is 4.79 Å². The van der Waals surface area contributed by atoms with E-state index < -0.39 is 11.4 Å². The highest BCUT2D eigenvalue weighted by molar-refractivity contribution is 5.86. The summed E-state index contributed by atoms with van der Waals surface area (Å²) in [6, 6.07) is 9.23. The smallest absolute Gasteiger partial charge is 0.242 e. The zero-order chi connectivity index (χ0) is 10.8. The van der Waals surface area contributed by atoms with Crippen molar-refractivity contribution in [2.75, 3.05) is 0 Å². The molecule has 1 aromatic rings. The Morgan fingerprint density at radius 2 is 1.79 bits per heavy atom. The van der Waals surface area contributed by atoms with Gasteiger partial charge < -0.3 is 11.5 Å². The SMILES string of the molecule is CC(C)C(N)(C(N)=O)c1ccccc1. The molecule has 76 valence electrons. The summed E-state index contributed by atoms with van der Waals surface area (Å²) in [6.07, 6.45) is 0. The average Bonchev–Trinajstić information content (AvgIpc) is 2.17. The predicted molar refractivity (Wildman–Crippen MR) is 56.3 cm³/mol. The lowest BCUT2D eigenvalue weighted by molar-refractivity contribution is -0.125. The molecule has 0 saturated heterocycles. The van der Waals surface area contributed by atoms with E-state index in [2.05, 4.69) is 0 Å². The molecule has 0 aromatic heterocycles. The van der Waals surface area contributed by atoms with Crippen molar-refractivity contribution in [2.45, 2.75) is 19.4 Å². The standard InChI is InChI=1S/C11H16N2O/c1-8(2)11(13,10(12)14)9-6-4-3-5-7-9/h3-8H,13H2,1-2H3,(H2,12,14). The molecule has 0 saturated carbocycles. The first-order chi connectivity index (χ1) is 6.49. The molecule has 1 rings (SSSR count). The fraction of sp³-hybridized carbons (Fsp3) is 0.364. The van der Waals surface area contributed by atoms with Gasteiger partial charge in [-0.05, 0) is 11.5 Å². The number of amides is 1. The molecule has 0 fully saturated rings. The molecule has 1 atom stereocenters. The molecule has 0 heterocycles. The van der Waals surface area contributed by atoms with Crippen molar-refractivity contribution >= 4 is 5.91 Å². The molecular formula is C11H16N2O. The summed E-state index contributed by atoms with van der Waals surface area (Å²) in [4.78, 5) is 11.4. The van der Waals surface area contributed by atoms with E-state index in [4.69, 9.17) is 11.5 Å². The first-order valence-electron chi connectivity index (χ1n) is 4.64. The van der Waals surface area contributed by atoms with Crippen molar-refractivity contribution in [3.8, 4) is 0 Å². The van der Waals surface area contributed by atoms with Gasteiger partial charge in [-0.25, -0.2) is 0 Å². The van der Waals surface area contributed by atoms with Crippen molar-refractivity contribution < 1.29 is 4.79 Å². The topological polar surface area (TPSA) is 69.1 Å². The third kappa shape index (κ3) is 1.63. The molecule has 0 aliphatic rings. The Morgan fingerprint density at radius 3 is 2.14 bits per heavy atom. The number of primary amides is 1. The highest BCUT2D eigenvalue weighted by Crippen LogP contribution is 2.26. The predicted octanol–water partition coefficient (Wildman–Crippen LogP) is 0.982. The maximum atomic E-state index is 11.4. The van der Waals surface area contributed by atoms with Crippen LogP contribution in [0, 0.1) is 5.92 Å². The lowest BCUT2D eigenvalue weighted by atomic mass is 9.80. The minimum Gasteiger partial charge on any atom is -0.368 e. The summed E-state index contributed by atoms with van der Waals surface area (Å²) in [5.74, 6) is -0.513. The Bertz CT molecular complexity index is 321. The van der Waals surface area contributed by atoms with Gasteiger partial charge in [0.1, 0.15) is 5.54 Å². The number of hydrogen-bond acceptors (Lipinski definition) is 2. The van der Waals surface area contributed by atoms with Crippen LogP contribution in [0.1, 0.15) is 19.4 Å². The van der Waals surface area contributed by atoms with Crippen molar-refractivity contribution in [1.29, 1.82) is 0 Å². The van der Waals surface area contributed by atoms with Gasteiger partial charge in [0.05, 0.1) is 0 Å². The molecule has 0 aliphatic heterocycles. The lowest BCUT2D eigenvalue weighted by Crippen LogP contribution is -2.53. The van der Waals surface area contributed by atoms with E-state index >= 15 is 0 Å². The van der Waals surface area contributed by atoms with Gasteiger partial charge in [0.2, 0.25) is 5.91 Å². The molecule has 3 nitrogen and oxygen atoms in total. The van der Waals surface area contributed by atoms with E-state index in [1.165, 1.54) is 0 Å². The van der Waals surface area contributed by atoms with Crippen molar-refractivity contribution in [2.24, 2.45) is 17.4 Å². The van der Waals surface area contributed by atoms with Crippen LogP contribution >= 0.6 is 0 Å². The number of nitrogens with two attached hydrogens (primary N) is 2. The maximum absolute atomic E-state index is 11.4. The van der Waals surface area contributed by atoms with Crippen LogP contribution in [0.25, 0.3) is 0 Å². The summed E-state index contributed by atoms with van der Waals surface area (Å²) in [7, 11) is 0. The minimum absolute atomic E-state index is 0.0256. The summed E-state index contributed by atoms with van der Waals surface area (Å²) in [5.41, 5.74) is 11.1. The van der Waals surface area contributed by atoms with Crippen LogP contribution in [0.15, 0.2) is 30.3 Å². The van der Waals surface area contributed by atoms with Gasteiger partial charge in [0.15, 0.2) is 0 Å². The van der Waals surface area contributed by atoms with Crippen LogP contribution < -0.4 is 11.5 Å². The largest absolute Gasteiger partial charge is 0.368 e. The maximum Gasteiger partial charge on any atom is 0.242 e. The third-order valence-electron chi connectivity index (χ3n) is 2.57. The molecule has 1 amide bonds. The first-order valence-corrected chi connectivity index (χ1v) is 4.64. The van der Waals surface area contributed by atoms with Crippen LogP contribution in [0.2, 0.25) is 0 Å². The van der Waals surface area contributed by atoms with Crippen molar-refractivity contribution in [1.82, 2.24) is 0 Å². The summed E-state index contributed by atoms with van der Waals surface area (Å²) < 4.78 is 0. The molecular weight excluding hydrogens is 176 g/mol. The number of rotatable bonds is 3. The molecule has 0 bridgehead atoms. The fourth-order valence-corrected chi connectivity index (χ4v) is 1.47. The number of carbonyl (C=O) groups is 1. The van der Waals surface area contributed by atoms with Crippen LogP contribution in [-0.4, -0.2) is 5.91 Å². The van der Waals surface area contributed by atoms with E-state index in [0.29, 0.717) is 0 Å². The van der Waals surface area contributed by atoms with Gasteiger partial charge in [-0.2, -0.15) is 0 Å². The normalized spacial score (nSPS) is 15.1. The summed E-state index contributed by atoms with van der Waals surface area (Å²) >= 11 is 0. The molecule has 0 aliphatic carbocycles. The van der Waals surface area contributed by atoms with Crippen molar-refractivity contribution in [3.05, 3.63) is 35.9 Å². The quantitative estimate of drug-likeness (QED) is 0.749. The van der Waals surface area contributed by atoms with Gasteiger partial charge >= 0.3 is 0 Å². The van der Waals surface area contributed by atoms with E-state index in [0.717, 1.165) is 5.56 Å². The Labute approximate surface area is 84.1 Å². The van der Waals surface area contributed by atoms with Gasteiger partial charge in [-0.3, -0.25) is 4.79 Å². The number of hydrogen-bond donors (Lipinski definition) is 2. The van der Waals surface area contributed by atoms with Crippen LogP contribution in [0.3, 0.4) is 0 Å². The Hall–Kier alpha value is -1.35. The van der Waals surface area contributed by atoms with Crippen molar-refractivity contribution in [3.63, 3.8) is 0 Å². The van der Waals surface area contributed by atoms with E-state index in [-0.39, 0.29) is 5.92 Å². The molecule has 1 aromatic carbocycles. The highest BCUT2D eigenvalue weighted by Gasteiger charge is 2.37. The minimum atomic E-state index is -1.07. The van der Waals surface area contributed by atoms with Gasteiger partial charge in [0.25, 0.3) is 0 Å². The van der Waals surface area contributed by atoms with Crippen LogP contribution in [0.5, 0.6) is 0 Å². The van der Waals surface area contributed by atoms with Gasteiger partial charge in [-0.15, -0.1) is 0 Å². The molecule has 0 radical (unpaired) electrons. The second kappa shape index (κ2) is 3.80. The van der Waals surface area contributed by atoms with E-state index in [1.807, 2.05) is 44.2 Å². The first kappa shape index (κ1) is 10.7. The zero-order valence-electron chi connectivity index (χ0n) is 8.53. The van der Waals surface area contributed by atoms with Crippen LogP contribution in [-0.2, 0) is 10.3 Å². The Morgan fingerprint density at radius 1 is 1.29 bits per heavy atom. The van der Waals surface area contributed by atoms with Gasteiger partial charge in [-0.1, -0.05) is 44.2 Å². The second-order valence-corrected chi connectivity index (χ2v) is 3.75. The molecule has 0 spiro atoms. The second-order valence-electron chi connectivity index (χ2n) is 3.75. The number of carbonyl (C=O) groups excluding carboxylic acids is 1. The van der Waals surface area contributed by atoms with Gasteiger partial charge in [0, 0.05) is 0 Å². The molecule has 14 heavy (non-hydrogen) atoms. The monoisotopic (exact) mass is 192 g/mol. The summed E-state index contributed by atoms with van der Waals surface area (Å²) in [6.45, 7) is 3.77. The molecule has 3 heteroatoms. The van der Waals surface area contributed by atoms with Crippen LogP contribution in [0.4, 0.5) is 0 Å². The Balaban J connectivity index is 3.20. The van der Waals surface area contributed by atoms with E-state index in [1.54, 1.807) is 0 Å². The Kier molecular flexibility index (Phi) is 2.91. The zero-order valence-corrected chi connectivity index (χ0v) is 8.53. The number of benzene rings is 1. The molecule has 1 unspecified atom stereocenters. The third-order valence-corrected chi connectivity index (χ3v) is 2.57. The average molecular weight is 192 g/mol. The fourth-order valence-electron chi connectivity index (χ4n) is 1.47.